The van der Waals surface area contributed by atoms with Crippen molar-refractivity contribution in [2.24, 2.45) is 0 Å². The number of carbonyl (C=O) groups excluding carboxylic acids is 1. The molecule has 0 heterocycles. The summed E-state index contributed by atoms with van der Waals surface area (Å²) in [5.74, 6) is -0.844. The molecule has 0 saturated carbocycles. The highest BCUT2D eigenvalue weighted by Gasteiger charge is 2.19. The Kier molecular flexibility index (Phi) is 4.86. The maximum Gasteiger partial charge on any atom is 0.387 e. The predicted molar refractivity (Wildman–Crippen MR) is 61.8 cm³/mol. The molecule has 0 fully saturated rings. The van der Waals surface area contributed by atoms with Crippen molar-refractivity contribution in [1.82, 2.24) is 0 Å². The third-order valence-electron chi connectivity index (χ3n) is 2.10. The van der Waals surface area contributed by atoms with Crippen LogP contribution in [0.25, 0.3) is 0 Å². The Morgan fingerprint density at radius 3 is 2.59 bits per heavy atom. The average Bonchev–Trinajstić information content (AvgIpc) is 2.29. The van der Waals surface area contributed by atoms with Gasteiger partial charge in [0.2, 0.25) is 0 Å². The summed E-state index contributed by atoms with van der Waals surface area (Å²) >= 11 is 3.23. The number of aryl methyl sites for hydroxylation is 1. The van der Waals surface area contributed by atoms with E-state index in [1.165, 1.54) is 13.2 Å². The van der Waals surface area contributed by atoms with Crippen molar-refractivity contribution in [1.29, 1.82) is 0 Å². The highest BCUT2D eigenvalue weighted by atomic mass is 79.9. The first-order valence-electron chi connectivity index (χ1n) is 4.72. The zero-order valence-corrected chi connectivity index (χ0v) is 10.9. The lowest BCUT2D eigenvalue weighted by Gasteiger charge is -2.13. The van der Waals surface area contributed by atoms with Gasteiger partial charge < -0.3 is 9.47 Å². The Hall–Kier alpha value is -1.17. The smallest absolute Gasteiger partial charge is 0.387 e. The molecule has 0 unspecified atom stereocenters. The number of carbonyl (C=O) groups is 1. The van der Waals surface area contributed by atoms with Crippen LogP contribution in [-0.4, -0.2) is 19.7 Å². The fourth-order valence-electron chi connectivity index (χ4n) is 1.43. The topological polar surface area (TPSA) is 35.5 Å². The molecule has 0 aliphatic carbocycles. The van der Waals surface area contributed by atoms with Crippen LogP contribution in [0.15, 0.2) is 12.1 Å². The lowest BCUT2D eigenvalue weighted by Crippen LogP contribution is -2.11. The van der Waals surface area contributed by atoms with Crippen molar-refractivity contribution in [3.8, 4) is 5.75 Å². The summed E-state index contributed by atoms with van der Waals surface area (Å²) < 4.78 is 33.4. The first kappa shape index (κ1) is 13.9. The van der Waals surface area contributed by atoms with Crippen LogP contribution in [0.3, 0.4) is 0 Å². The van der Waals surface area contributed by atoms with Crippen LogP contribution >= 0.6 is 15.9 Å². The summed E-state index contributed by atoms with van der Waals surface area (Å²) in [5.41, 5.74) is 1.24. The lowest BCUT2D eigenvalue weighted by molar-refractivity contribution is -0.0508. The van der Waals surface area contributed by atoms with E-state index in [2.05, 4.69) is 25.4 Å². The molecule has 1 aromatic carbocycles. The second-order valence-corrected chi connectivity index (χ2v) is 3.85. The van der Waals surface area contributed by atoms with E-state index >= 15 is 0 Å². The van der Waals surface area contributed by atoms with Crippen LogP contribution in [0.4, 0.5) is 8.78 Å². The molecule has 1 aromatic rings. The van der Waals surface area contributed by atoms with Crippen molar-refractivity contribution in [2.75, 3.05) is 7.11 Å². The Labute approximate surface area is 106 Å². The van der Waals surface area contributed by atoms with E-state index in [1.807, 2.05) is 0 Å². The maximum atomic E-state index is 12.2. The summed E-state index contributed by atoms with van der Waals surface area (Å²) in [6.45, 7) is -1.39. The second kappa shape index (κ2) is 5.95. The van der Waals surface area contributed by atoms with Crippen LogP contribution in [0.1, 0.15) is 21.5 Å². The molecule has 94 valence electrons. The van der Waals surface area contributed by atoms with Crippen molar-refractivity contribution >= 4 is 21.9 Å². The molecule has 0 N–H and O–H groups in total. The van der Waals surface area contributed by atoms with Gasteiger partial charge in [-0.1, -0.05) is 22.0 Å². The molecule has 0 saturated heterocycles. The number of methoxy groups -OCH3 is 1. The van der Waals surface area contributed by atoms with Crippen LogP contribution in [0.2, 0.25) is 0 Å². The molecule has 0 radical (unpaired) electrons. The number of esters is 1. The van der Waals surface area contributed by atoms with Gasteiger partial charge in [-0.05, 0) is 24.1 Å². The SMILES string of the molecule is COC(=O)c1cc(CBr)cc(C)c1OC(F)F. The van der Waals surface area contributed by atoms with Crippen molar-refractivity contribution < 1.29 is 23.0 Å². The van der Waals surface area contributed by atoms with E-state index in [0.29, 0.717) is 10.9 Å². The molecule has 6 heteroatoms. The third kappa shape index (κ3) is 3.39. The number of alkyl halides is 3. The average molecular weight is 309 g/mol. The number of halogens is 3. The summed E-state index contributed by atoms with van der Waals surface area (Å²) in [6, 6.07) is 3.13. The first-order chi connectivity index (χ1) is 7.99. The predicted octanol–water partition coefficient (Wildman–Crippen LogP) is 3.28. The van der Waals surface area contributed by atoms with Crippen LogP contribution < -0.4 is 4.74 Å². The van der Waals surface area contributed by atoms with E-state index in [1.54, 1.807) is 13.0 Å². The zero-order valence-electron chi connectivity index (χ0n) is 9.30. The van der Waals surface area contributed by atoms with E-state index in [-0.39, 0.29) is 11.3 Å². The minimum Gasteiger partial charge on any atom is -0.465 e. The van der Waals surface area contributed by atoms with Crippen LogP contribution in [0, 0.1) is 6.92 Å². The second-order valence-electron chi connectivity index (χ2n) is 3.29. The van der Waals surface area contributed by atoms with Gasteiger partial charge in [-0.25, -0.2) is 4.79 Å². The molecule has 0 aliphatic heterocycles. The molecule has 17 heavy (non-hydrogen) atoms. The minimum absolute atomic E-state index is 0.00208. The number of benzene rings is 1. The number of rotatable bonds is 4. The molecule has 0 atom stereocenters. The van der Waals surface area contributed by atoms with Gasteiger partial charge in [-0.2, -0.15) is 8.78 Å². The van der Waals surface area contributed by atoms with Gasteiger partial charge in [0.25, 0.3) is 0 Å². The summed E-state index contributed by atoms with van der Waals surface area (Å²) in [4.78, 5) is 11.5. The zero-order chi connectivity index (χ0) is 13.0. The number of ether oxygens (including phenoxy) is 2. The third-order valence-corrected chi connectivity index (χ3v) is 2.75. The summed E-state index contributed by atoms with van der Waals surface area (Å²) in [6.07, 6.45) is 0. The molecule has 0 amide bonds. The Morgan fingerprint density at radius 1 is 1.47 bits per heavy atom. The molecule has 3 nitrogen and oxygen atoms in total. The number of hydrogen-bond acceptors (Lipinski definition) is 3. The highest BCUT2D eigenvalue weighted by Crippen LogP contribution is 2.28. The molecule has 1 rings (SSSR count). The van der Waals surface area contributed by atoms with Crippen LogP contribution in [0.5, 0.6) is 5.75 Å². The molecule has 0 aliphatic rings. The quantitative estimate of drug-likeness (QED) is 0.632. The Bertz CT molecular complexity index is 421. The molecule has 0 aromatic heterocycles. The van der Waals surface area contributed by atoms with Gasteiger partial charge in [0.15, 0.2) is 0 Å². The van der Waals surface area contributed by atoms with Gasteiger partial charge >= 0.3 is 12.6 Å². The van der Waals surface area contributed by atoms with Crippen molar-refractivity contribution in [3.05, 3.63) is 28.8 Å². The Balaban J connectivity index is 3.29. The van der Waals surface area contributed by atoms with Gasteiger partial charge in [-0.15, -0.1) is 0 Å². The van der Waals surface area contributed by atoms with E-state index in [9.17, 15) is 13.6 Å². The first-order valence-corrected chi connectivity index (χ1v) is 5.84. The fraction of sp³-hybridized carbons (Fsp3) is 0.364. The van der Waals surface area contributed by atoms with Gasteiger partial charge in [0.1, 0.15) is 11.3 Å². The monoisotopic (exact) mass is 308 g/mol. The van der Waals surface area contributed by atoms with E-state index < -0.39 is 12.6 Å². The lowest BCUT2D eigenvalue weighted by atomic mass is 10.1. The highest BCUT2D eigenvalue weighted by molar-refractivity contribution is 9.08. The fourth-order valence-corrected chi connectivity index (χ4v) is 1.76. The standard InChI is InChI=1S/C11H11BrF2O3/c1-6-3-7(5-12)4-8(10(15)16-2)9(6)17-11(13)14/h3-4,11H,5H2,1-2H3. The summed E-state index contributed by atoms with van der Waals surface area (Å²) in [5, 5.41) is 0.507. The van der Waals surface area contributed by atoms with Crippen molar-refractivity contribution in [2.45, 2.75) is 18.9 Å². The number of hydrogen-bond donors (Lipinski definition) is 0. The minimum atomic E-state index is -2.98. The Morgan fingerprint density at radius 2 is 2.12 bits per heavy atom. The van der Waals surface area contributed by atoms with E-state index in [0.717, 1.165) is 5.56 Å². The normalized spacial score (nSPS) is 10.5. The molecule has 0 spiro atoms. The maximum absolute atomic E-state index is 12.2. The summed E-state index contributed by atoms with van der Waals surface area (Å²) in [7, 11) is 1.19. The largest absolute Gasteiger partial charge is 0.465 e. The van der Waals surface area contributed by atoms with Gasteiger partial charge in [0.05, 0.1) is 7.11 Å². The van der Waals surface area contributed by atoms with E-state index in [4.69, 9.17) is 0 Å². The van der Waals surface area contributed by atoms with Crippen molar-refractivity contribution in [3.63, 3.8) is 0 Å². The van der Waals surface area contributed by atoms with Gasteiger partial charge in [-0.3, -0.25) is 0 Å². The molecular weight excluding hydrogens is 298 g/mol. The van der Waals surface area contributed by atoms with Gasteiger partial charge in [0, 0.05) is 5.33 Å². The van der Waals surface area contributed by atoms with Crippen LogP contribution in [-0.2, 0) is 10.1 Å². The molecular formula is C11H11BrF2O3. The molecule has 0 bridgehead atoms.